The van der Waals surface area contributed by atoms with Gasteiger partial charge >= 0.3 is 13.3 Å². The van der Waals surface area contributed by atoms with E-state index in [2.05, 4.69) is 0 Å². The first-order valence-corrected chi connectivity index (χ1v) is 6.65. The first kappa shape index (κ1) is 17.0. The summed E-state index contributed by atoms with van der Waals surface area (Å²) >= 11 is 0. The Balaban J connectivity index is 2.36. The smallest absolute Gasteiger partial charge is 0.399 e. The minimum atomic E-state index is -4.61. The highest BCUT2D eigenvalue weighted by atomic mass is 19.4. The summed E-state index contributed by atoms with van der Waals surface area (Å²) in [5.41, 5.74) is -3.05. The molecular weight excluding hydrogens is 305 g/mol. The number of aromatic nitrogens is 1. The Kier molecular flexibility index (Phi) is 3.94. The van der Waals surface area contributed by atoms with Crippen LogP contribution in [0.4, 0.5) is 17.6 Å². The van der Waals surface area contributed by atoms with Crippen molar-refractivity contribution in [3.8, 4) is 0 Å². The van der Waals surface area contributed by atoms with E-state index in [1.54, 1.807) is 27.7 Å². The number of hydrogen-bond donors (Lipinski definition) is 0. The molecule has 4 nitrogen and oxygen atoms in total. The summed E-state index contributed by atoms with van der Waals surface area (Å²) in [5, 5.41) is 0. The Morgan fingerprint density at radius 3 is 2.14 bits per heavy atom. The van der Waals surface area contributed by atoms with Crippen molar-refractivity contribution in [3.05, 3.63) is 28.4 Å². The predicted octanol–water partition coefficient (Wildman–Crippen LogP) is 1.85. The van der Waals surface area contributed by atoms with E-state index in [1.807, 2.05) is 0 Å². The highest BCUT2D eigenvalue weighted by Crippen LogP contribution is 2.36. The lowest BCUT2D eigenvalue weighted by Crippen LogP contribution is -2.42. The number of halogens is 4. The molecule has 0 unspecified atom stereocenters. The molecule has 0 N–H and O–H groups in total. The van der Waals surface area contributed by atoms with Crippen LogP contribution in [0.3, 0.4) is 0 Å². The van der Waals surface area contributed by atoms with Crippen LogP contribution >= 0.6 is 0 Å². The third-order valence-electron chi connectivity index (χ3n) is 3.99. The summed E-state index contributed by atoms with van der Waals surface area (Å²) in [6, 6.07) is 1.07. The molecule has 0 amide bonds. The molecule has 122 valence electrons. The van der Waals surface area contributed by atoms with Crippen molar-refractivity contribution in [1.82, 2.24) is 4.57 Å². The number of rotatable bonds is 2. The van der Waals surface area contributed by atoms with Gasteiger partial charge in [-0.1, -0.05) is 0 Å². The molecule has 1 fully saturated rings. The van der Waals surface area contributed by atoms with Gasteiger partial charge in [0.2, 0.25) is 0 Å². The summed E-state index contributed by atoms with van der Waals surface area (Å²) < 4.78 is 62.6. The van der Waals surface area contributed by atoms with Gasteiger partial charge in [-0.05, 0) is 33.8 Å². The van der Waals surface area contributed by atoms with Crippen molar-refractivity contribution in [2.75, 3.05) is 0 Å². The molecule has 1 aliphatic rings. The second-order valence-electron chi connectivity index (χ2n) is 6.22. The Labute approximate surface area is 125 Å². The van der Waals surface area contributed by atoms with Crippen molar-refractivity contribution < 1.29 is 26.9 Å². The molecule has 0 bridgehead atoms. The van der Waals surface area contributed by atoms with Crippen molar-refractivity contribution in [2.24, 2.45) is 0 Å². The zero-order valence-electron chi connectivity index (χ0n) is 12.6. The summed E-state index contributed by atoms with van der Waals surface area (Å²) in [6.45, 7) is 5.43. The predicted molar refractivity (Wildman–Crippen MR) is 72.4 cm³/mol. The topological polar surface area (TPSA) is 40.5 Å². The van der Waals surface area contributed by atoms with Crippen molar-refractivity contribution >= 4 is 12.6 Å². The van der Waals surface area contributed by atoms with Gasteiger partial charge in [0.1, 0.15) is 6.54 Å². The van der Waals surface area contributed by atoms with Crippen LogP contribution in [0.1, 0.15) is 27.7 Å². The average Bonchev–Trinajstić information content (AvgIpc) is 2.53. The Hall–Kier alpha value is -1.35. The van der Waals surface area contributed by atoms with Crippen LogP contribution in [0.2, 0.25) is 0 Å². The molecule has 0 aromatic carbocycles. The second kappa shape index (κ2) is 5.09. The van der Waals surface area contributed by atoms with E-state index < -0.39 is 42.4 Å². The van der Waals surface area contributed by atoms with Crippen molar-refractivity contribution in [2.45, 2.75) is 51.6 Å². The van der Waals surface area contributed by atoms with E-state index in [-0.39, 0.29) is 10.0 Å². The molecule has 0 atom stereocenters. The molecule has 2 heterocycles. The van der Waals surface area contributed by atoms with E-state index in [0.29, 0.717) is 0 Å². The number of nitrogens with zero attached hydrogens (tertiary/aromatic N) is 1. The minimum absolute atomic E-state index is 0.206. The van der Waals surface area contributed by atoms with E-state index >= 15 is 0 Å². The SMILES string of the molecule is CC1(C)OB(c2ccn(CC(F)(F)F)c(=O)c2F)OC1(C)C. The normalized spacial score (nSPS) is 20.5. The van der Waals surface area contributed by atoms with Gasteiger partial charge in [-0.25, -0.2) is 4.39 Å². The van der Waals surface area contributed by atoms with E-state index in [1.165, 1.54) is 0 Å². The maximum atomic E-state index is 14.1. The molecule has 2 rings (SSSR count). The zero-order valence-corrected chi connectivity index (χ0v) is 12.6. The van der Waals surface area contributed by atoms with Gasteiger partial charge in [0.05, 0.1) is 11.2 Å². The van der Waals surface area contributed by atoms with Crippen LogP contribution in [0.15, 0.2) is 17.1 Å². The monoisotopic (exact) mass is 321 g/mol. The Morgan fingerprint density at radius 1 is 1.18 bits per heavy atom. The van der Waals surface area contributed by atoms with Crippen LogP contribution in [0.5, 0.6) is 0 Å². The third-order valence-corrected chi connectivity index (χ3v) is 3.99. The highest BCUT2D eigenvalue weighted by molar-refractivity contribution is 6.62. The highest BCUT2D eigenvalue weighted by Gasteiger charge is 2.52. The van der Waals surface area contributed by atoms with Gasteiger partial charge in [-0.15, -0.1) is 0 Å². The maximum absolute atomic E-state index is 14.1. The minimum Gasteiger partial charge on any atom is -0.399 e. The first-order valence-electron chi connectivity index (χ1n) is 6.65. The molecular formula is C13H16BF4NO3. The molecule has 0 saturated carbocycles. The van der Waals surface area contributed by atoms with Gasteiger partial charge in [-0.2, -0.15) is 13.2 Å². The first-order chi connectivity index (χ1) is 9.84. The summed E-state index contributed by atoms with van der Waals surface area (Å²) in [5.74, 6) is -1.30. The lowest BCUT2D eigenvalue weighted by atomic mass is 9.79. The van der Waals surface area contributed by atoms with Crippen LogP contribution in [-0.4, -0.2) is 29.1 Å². The Bertz CT molecular complexity index is 623. The van der Waals surface area contributed by atoms with Gasteiger partial charge in [-0.3, -0.25) is 4.79 Å². The van der Waals surface area contributed by atoms with Gasteiger partial charge in [0.15, 0.2) is 5.82 Å². The van der Waals surface area contributed by atoms with Crippen LogP contribution < -0.4 is 11.0 Å². The fourth-order valence-corrected chi connectivity index (χ4v) is 2.03. The molecule has 1 aromatic heterocycles. The largest absolute Gasteiger partial charge is 0.498 e. The van der Waals surface area contributed by atoms with Gasteiger partial charge < -0.3 is 13.9 Å². The molecule has 0 spiro atoms. The number of hydrogen-bond acceptors (Lipinski definition) is 3. The van der Waals surface area contributed by atoms with E-state index in [4.69, 9.17) is 9.31 Å². The zero-order chi connectivity index (χ0) is 16.9. The molecule has 9 heteroatoms. The quantitative estimate of drug-likeness (QED) is 0.617. The van der Waals surface area contributed by atoms with Gasteiger partial charge in [0.25, 0.3) is 5.56 Å². The molecule has 22 heavy (non-hydrogen) atoms. The second-order valence-corrected chi connectivity index (χ2v) is 6.22. The fraction of sp³-hybridized carbons (Fsp3) is 0.615. The lowest BCUT2D eigenvalue weighted by Gasteiger charge is -2.32. The average molecular weight is 321 g/mol. The molecule has 1 aromatic rings. The third kappa shape index (κ3) is 3.05. The number of pyridine rings is 1. The standard InChI is InChI=1S/C13H16BF4NO3/c1-11(2)12(3,4)22-14(21-11)8-5-6-19(7-13(16,17)18)10(20)9(8)15/h5-6H,7H2,1-4H3. The lowest BCUT2D eigenvalue weighted by molar-refractivity contribution is -0.141. The number of alkyl halides is 3. The summed E-state index contributed by atoms with van der Waals surface area (Å²) in [6.07, 6.45) is -3.72. The van der Waals surface area contributed by atoms with Crippen LogP contribution in [-0.2, 0) is 15.9 Å². The summed E-state index contributed by atoms with van der Waals surface area (Å²) in [4.78, 5) is 11.7. The fourth-order valence-electron chi connectivity index (χ4n) is 2.03. The van der Waals surface area contributed by atoms with Crippen molar-refractivity contribution in [1.29, 1.82) is 0 Å². The van der Waals surface area contributed by atoms with E-state index in [9.17, 15) is 22.4 Å². The summed E-state index contributed by atoms with van der Waals surface area (Å²) in [7, 11) is -1.14. The van der Waals surface area contributed by atoms with Gasteiger partial charge in [0, 0.05) is 11.7 Å². The Morgan fingerprint density at radius 2 is 1.68 bits per heavy atom. The van der Waals surface area contributed by atoms with Crippen LogP contribution in [0, 0.1) is 5.82 Å². The molecule has 1 saturated heterocycles. The van der Waals surface area contributed by atoms with Crippen LogP contribution in [0.25, 0.3) is 0 Å². The molecule has 0 aliphatic carbocycles. The van der Waals surface area contributed by atoms with Crippen molar-refractivity contribution in [3.63, 3.8) is 0 Å². The molecule has 1 aliphatic heterocycles. The molecule has 0 radical (unpaired) electrons. The maximum Gasteiger partial charge on any atom is 0.498 e. The van der Waals surface area contributed by atoms with E-state index in [0.717, 1.165) is 12.3 Å².